The average Bonchev–Trinajstić information content (AvgIpc) is 2.13. The second-order valence-corrected chi connectivity index (χ2v) is 2.30. The molecule has 0 spiro atoms. The third-order valence-corrected chi connectivity index (χ3v) is 1.51. The van der Waals surface area contributed by atoms with Crippen LogP contribution in [0.1, 0.15) is 19.8 Å². The van der Waals surface area contributed by atoms with E-state index < -0.39 is 0 Å². The van der Waals surface area contributed by atoms with Gasteiger partial charge in [0, 0.05) is 0 Å². The van der Waals surface area contributed by atoms with Crippen LogP contribution in [0.15, 0.2) is 35.7 Å². The number of rotatable bonds is 1. The van der Waals surface area contributed by atoms with Crippen LogP contribution in [0.3, 0.4) is 0 Å². The molecule has 54 valence electrons. The third-order valence-electron chi connectivity index (χ3n) is 1.51. The fraction of sp³-hybridized carbons (Fsp3) is 0.333. The number of halogens is 1. The van der Waals surface area contributed by atoms with Crippen molar-refractivity contribution in [2.75, 3.05) is 0 Å². The van der Waals surface area contributed by atoms with Gasteiger partial charge in [-0.05, 0) is 30.6 Å². The summed E-state index contributed by atoms with van der Waals surface area (Å²) in [7, 11) is 0. The maximum absolute atomic E-state index is 12.6. The lowest BCUT2D eigenvalue weighted by Crippen LogP contribution is -1.72. The van der Waals surface area contributed by atoms with E-state index in [0.29, 0.717) is 6.42 Å². The SMILES string of the molecule is CCC1=CC(F)=CCC=C1. The van der Waals surface area contributed by atoms with Crippen LogP contribution in [-0.4, -0.2) is 0 Å². The summed E-state index contributed by atoms with van der Waals surface area (Å²) in [5, 5.41) is 0. The summed E-state index contributed by atoms with van der Waals surface area (Å²) in [5.74, 6) is -0.109. The minimum Gasteiger partial charge on any atom is -0.207 e. The quantitative estimate of drug-likeness (QED) is 0.522. The van der Waals surface area contributed by atoms with Gasteiger partial charge in [-0.15, -0.1) is 0 Å². The Kier molecular flexibility index (Phi) is 2.43. The number of hydrogen-bond acceptors (Lipinski definition) is 0. The van der Waals surface area contributed by atoms with Gasteiger partial charge in [0.25, 0.3) is 0 Å². The molecule has 1 rings (SSSR count). The molecule has 10 heavy (non-hydrogen) atoms. The van der Waals surface area contributed by atoms with Gasteiger partial charge in [0.05, 0.1) is 0 Å². The molecule has 0 N–H and O–H groups in total. The minimum absolute atomic E-state index is 0.109. The maximum atomic E-state index is 12.6. The van der Waals surface area contributed by atoms with Crippen LogP contribution < -0.4 is 0 Å². The van der Waals surface area contributed by atoms with Crippen LogP contribution in [0.2, 0.25) is 0 Å². The van der Waals surface area contributed by atoms with Gasteiger partial charge in [0.2, 0.25) is 0 Å². The summed E-state index contributed by atoms with van der Waals surface area (Å²) in [4.78, 5) is 0. The van der Waals surface area contributed by atoms with E-state index in [1.165, 1.54) is 0 Å². The van der Waals surface area contributed by atoms with E-state index in [1.807, 2.05) is 19.1 Å². The van der Waals surface area contributed by atoms with Gasteiger partial charge >= 0.3 is 0 Å². The van der Waals surface area contributed by atoms with E-state index in [0.717, 1.165) is 12.0 Å². The summed E-state index contributed by atoms with van der Waals surface area (Å²) in [5.41, 5.74) is 1.06. The van der Waals surface area contributed by atoms with Gasteiger partial charge in [-0.25, -0.2) is 4.39 Å². The minimum atomic E-state index is -0.109. The molecule has 0 bridgehead atoms. The molecule has 0 atom stereocenters. The molecule has 1 aliphatic carbocycles. The van der Waals surface area contributed by atoms with E-state index >= 15 is 0 Å². The van der Waals surface area contributed by atoms with Crippen molar-refractivity contribution >= 4 is 0 Å². The van der Waals surface area contributed by atoms with Crippen LogP contribution in [0.4, 0.5) is 4.39 Å². The molecule has 0 nitrogen and oxygen atoms in total. The number of hydrogen-bond donors (Lipinski definition) is 0. The van der Waals surface area contributed by atoms with Crippen molar-refractivity contribution in [1.82, 2.24) is 0 Å². The van der Waals surface area contributed by atoms with Crippen LogP contribution in [0, 0.1) is 0 Å². The molecular weight excluding hydrogens is 127 g/mol. The Hall–Kier alpha value is -0.850. The highest BCUT2D eigenvalue weighted by atomic mass is 19.1. The molecule has 0 aromatic heterocycles. The Morgan fingerprint density at radius 1 is 1.60 bits per heavy atom. The van der Waals surface area contributed by atoms with Crippen LogP contribution in [0.5, 0.6) is 0 Å². The van der Waals surface area contributed by atoms with E-state index in [4.69, 9.17) is 0 Å². The fourth-order valence-corrected chi connectivity index (χ4v) is 0.904. The molecule has 0 saturated carbocycles. The largest absolute Gasteiger partial charge is 0.207 e. The Morgan fingerprint density at radius 3 is 3.10 bits per heavy atom. The second kappa shape index (κ2) is 3.35. The highest BCUT2D eigenvalue weighted by Crippen LogP contribution is 2.13. The summed E-state index contributed by atoms with van der Waals surface area (Å²) in [6.07, 6.45) is 8.73. The highest BCUT2D eigenvalue weighted by molar-refractivity contribution is 5.29. The van der Waals surface area contributed by atoms with Crippen molar-refractivity contribution in [2.45, 2.75) is 19.8 Å². The fourth-order valence-electron chi connectivity index (χ4n) is 0.904. The lowest BCUT2D eigenvalue weighted by molar-refractivity contribution is 0.661. The first kappa shape index (κ1) is 7.26. The molecule has 0 unspecified atom stereocenters. The number of allylic oxidation sites excluding steroid dienone is 6. The first-order chi connectivity index (χ1) is 4.83. The van der Waals surface area contributed by atoms with E-state index in [9.17, 15) is 4.39 Å². The molecule has 1 heteroatoms. The van der Waals surface area contributed by atoms with Crippen LogP contribution in [-0.2, 0) is 0 Å². The van der Waals surface area contributed by atoms with Gasteiger partial charge in [-0.1, -0.05) is 19.1 Å². The molecule has 0 aromatic rings. The van der Waals surface area contributed by atoms with Crippen molar-refractivity contribution in [3.05, 3.63) is 35.7 Å². The van der Waals surface area contributed by atoms with Gasteiger partial charge < -0.3 is 0 Å². The smallest absolute Gasteiger partial charge is 0.119 e. The first-order valence-electron chi connectivity index (χ1n) is 3.55. The third kappa shape index (κ3) is 1.83. The van der Waals surface area contributed by atoms with Gasteiger partial charge in [-0.3, -0.25) is 0 Å². The maximum Gasteiger partial charge on any atom is 0.119 e. The zero-order valence-corrected chi connectivity index (χ0v) is 6.10. The molecule has 0 aromatic carbocycles. The molecule has 0 fully saturated rings. The molecule has 0 radical (unpaired) electrons. The normalized spacial score (nSPS) is 17.8. The van der Waals surface area contributed by atoms with Gasteiger partial charge in [0.15, 0.2) is 0 Å². The van der Waals surface area contributed by atoms with Gasteiger partial charge in [0.1, 0.15) is 5.83 Å². The average molecular weight is 138 g/mol. The molecule has 0 aliphatic heterocycles. The lowest BCUT2D eigenvalue weighted by atomic mass is 10.2. The van der Waals surface area contributed by atoms with Crippen molar-refractivity contribution < 1.29 is 4.39 Å². The van der Waals surface area contributed by atoms with Crippen LogP contribution >= 0.6 is 0 Å². The van der Waals surface area contributed by atoms with E-state index in [2.05, 4.69) is 0 Å². The van der Waals surface area contributed by atoms with Crippen molar-refractivity contribution in [3.8, 4) is 0 Å². The Morgan fingerprint density at radius 2 is 2.40 bits per heavy atom. The topological polar surface area (TPSA) is 0 Å². The monoisotopic (exact) mass is 138 g/mol. The van der Waals surface area contributed by atoms with Crippen molar-refractivity contribution in [2.24, 2.45) is 0 Å². The lowest BCUT2D eigenvalue weighted by Gasteiger charge is -1.91. The van der Waals surface area contributed by atoms with E-state index in [1.54, 1.807) is 12.2 Å². The van der Waals surface area contributed by atoms with Gasteiger partial charge in [-0.2, -0.15) is 0 Å². The Labute approximate surface area is 60.7 Å². The first-order valence-corrected chi connectivity index (χ1v) is 3.55. The zero-order valence-electron chi connectivity index (χ0n) is 6.10. The summed E-state index contributed by atoms with van der Waals surface area (Å²) in [6, 6.07) is 0. The van der Waals surface area contributed by atoms with Crippen molar-refractivity contribution in [1.29, 1.82) is 0 Å². The predicted octanol–water partition coefficient (Wildman–Crippen LogP) is 3.14. The molecule has 0 saturated heterocycles. The summed E-state index contributed by atoms with van der Waals surface area (Å²) >= 11 is 0. The van der Waals surface area contributed by atoms with E-state index in [-0.39, 0.29) is 5.83 Å². The summed E-state index contributed by atoms with van der Waals surface area (Å²) < 4.78 is 12.6. The Balaban J connectivity index is 2.79. The Bertz CT molecular complexity index is 197. The molecular formula is C9H11F. The standard InChI is InChI=1S/C9H11F/c1-2-8-5-3-4-6-9(10)7-8/h3,5-7H,2,4H2,1H3. The van der Waals surface area contributed by atoms with Crippen LogP contribution in [0.25, 0.3) is 0 Å². The molecule has 0 amide bonds. The summed E-state index contributed by atoms with van der Waals surface area (Å²) in [6.45, 7) is 2.02. The predicted molar refractivity (Wildman–Crippen MR) is 41.3 cm³/mol. The molecule has 0 heterocycles. The van der Waals surface area contributed by atoms with Crippen molar-refractivity contribution in [3.63, 3.8) is 0 Å². The second-order valence-electron chi connectivity index (χ2n) is 2.30. The molecule has 1 aliphatic rings. The highest BCUT2D eigenvalue weighted by Gasteiger charge is 1.94. The zero-order chi connectivity index (χ0) is 7.40.